The van der Waals surface area contributed by atoms with E-state index in [1.54, 1.807) is 7.11 Å². The first kappa shape index (κ1) is 20.2. The second kappa shape index (κ2) is 9.61. The lowest BCUT2D eigenvalue weighted by molar-refractivity contribution is 0.00122. The summed E-state index contributed by atoms with van der Waals surface area (Å²) in [5.74, 6) is 1.69. The largest absolute Gasteiger partial charge is 0.497 e. The van der Waals surface area contributed by atoms with E-state index in [9.17, 15) is 5.11 Å². The second-order valence-electron chi connectivity index (χ2n) is 8.12. The van der Waals surface area contributed by atoms with Gasteiger partial charge in [0.1, 0.15) is 23.7 Å². The van der Waals surface area contributed by atoms with Gasteiger partial charge in [-0.15, -0.1) is 0 Å². The molecule has 1 aliphatic heterocycles. The van der Waals surface area contributed by atoms with Crippen LogP contribution in [0.2, 0.25) is 0 Å². The first-order valence-electron chi connectivity index (χ1n) is 10.7. The van der Waals surface area contributed by atoms with E-state index in [0.717, 1.165) is 37.6 Å². The SMILES string of the molecule is COc1cccc(CN[C@@H]2C[C@@H](Oc3ccccc3)[C@H](O)[C@H]2N2CCCCC2)c1. The third kappa shape index (κ3) is 4.92. The highest BCUT2D eigenvalue weighted by Gasteiger charge is 2.46. The zero-order valence-electron chi connectivity index (χ0n) is 17.2. The topological polar surface area (TPSA) is 54.0 Å². The Morgan fingerprint density at radius 3 is 2.52 bits per heavy atom. The number of nitrogens with zero attached hydrogens (tertiary/aromatic N) is 1. The minimum atomic E-state index is -0.504. The number of ether oxygens (including phenoxy) is 2. The maximum absolute atomic E-state index is 11.2. The van der Waals surface area contributed by atoms with Crippen LogP contribution < -0.4 is 14.8 Å². The molecule has 2 aliphatic rings. The predicted octanol–water partition coefficient (Wildman–Crippen LogP) is 3.22. The number of likely N-dealkylation sites (tertiary alicyclic amines) is 1. The number of aliphatic hydroxyl groups is 1. The van der Waals surface area contributed by atoms with Gasteiger partial charge in [0.25, 0.3) is 0 Å². The molecule has 1 aliphatic carbocycles. The molecule has 4 rings (SSSR count). The van der Waals surface area contributed by atoms with Gasteiger partial charge in [-0.05, 0) is 55.8 Å². The zero-order valence-corrected chi connectivity index (χ0v) is 17.2. The predicted molar refractivity (Wildman–Crippen MR) is 114 cm³/mol. The van der Waals surface area contributed by atoms with Gasteiger partial charge >= 0.3 is 0 Å². The first-order chi connectivity index (χ1) is 14.2. The van der Waals surface area contributed by atoms with Crippen molar-refractivity contribution in [3.8, 4) is 11.5 Å². The molecule has 0 aromatic heterocycles. The van der Waals surface area contributed by atoms with Crippen molar-refractivity contribution in [3.63, 3.8) is 0 Å². The third-order valence-corrected chi connectivity index (χ3v) is 6.17. The summed E-state index contributed by atoms with van der Waals surface area (Å²) < 4.78 is 11.5. The Morgan fingerprint density at radius 2 is 1.76 bits per heavy atom. The number of aliphatic hydroxyl groups excluding tert-OH is 1. The molecule has 1 saturated carbocycles. The Bertz CT molecular complexity index is 764. The summed E-state index contributed by atoms with van der Waals surface area (Å²) in [6, 6.07) is 18.2. The molecule has 1 saturated heterocycles. The quantitative estimate of drug-likeness (QED) is 0.753. The number of piperidine rings is 1. The van der Waals surface area contributed by atoms with Crippen molar-refractivity contribution < 1.29 is 14.6 Å². The summed E-state index contributed by atoms with van der Waals surface area (Å²) in [7, 11) is 1.69. The van der Waals surface area contributed by atoms with Gasteiger partial charge in [-0.25, -0.2) is 0 Å². The molecule has 0 bridgehead atoms. The Balaban J connectivity index is 1.47. The molecule has 2 aromatic rings. The number of nitrogens with one attached hydrogen (secondary N) is 1. The molecule has 0 spiro atoms. The highest BCUT2D eigenvalue weighted by Crippen LogP contribution is 2.31. The smallest absolute Gasteiger partial charge is 0.128 e. The van der Waals surface area contributed by atoms with Crippen molar-refractivity contribution in [2.75, 3.05) is 20.2 Å². The Labute approximate surface area is 173 Å². The summed E-state index contributed by atoms with van der Waals surface area (Å²) in [6.45, 7) is 2.85. The van der Waals surface area contributed by atoms with Gasteiger partial charge in [0.2, 0.25) is 0 Å². The highest BCUT2D eigenvalue weighted by atomic mass is 16.5. The summed E-state index contributed by atoms with van der Waals surface area (Å²) in [6.07, 6.45) is 3.78. The fourth-order valence-corrected chi connectivity index (χ4v) is 4.70. The van der Waals surface area contributed by atoms with Gasteiger partial charge in [0.15, 0.2) is 0 Å². The molecule has 5 nitrogen and oxygen atoms in total. The minimum absolute atomic E-state index is 0.0784. The lowest BCUT2D eigenvalue weighted by Crippen LogP contribution is -2.53. The number of hydrogen-bond acceptors (Lipinski definition) is 5. The van der Waals surface area contributed by atoms with Crippen LogP contribution in [0.1, 0.15) is 31.2 Å². The van der Waals surface area contributed by atoms with Crippen LogP contribution in [0.3, 0.4) is 0 Å². The van der Waals surface area contributed by atoms with E-state index >= 15 is 0 Å². The van der Waals surface area contributed by atoms with Gasteiger partial charge in [-0.2, -0.15) is 0 Å². The van der Waals surface area contributed by atoms with Crippen LogP contribution >= 0.6 is 0 Å². The monoisotopic (exact) mass is 396 g/mol. The molecule has 0 amide bonds. The number of methoxy groups -OCH3 is 1. The van der Waals surface area contributed by atoms with Crippen molar-refractivity contribution in [2.45, 2.75) is 56.5 Å². The molecule has 5 heteroatoms. The molecule has 1 heterocycles. The van der Waals surface area contributed by atoms with Crippen molar-refractivity contribution in [1.82, 2.24) is 10.2 Å². The molecule has 2 N–H and O–H groups in total. The fourth-order valence-electron chi connectivity index (χ4n) is 4.70. The molecular weight excluding hydrogens is 364 g/mol. The van der Waals surface area contributed by atoms with Crippen molar-refractivity contribution in [2.24, 2.45) is 0 Å². The number of hydrogen-bond donors (Lipinski definition) is 2. The Morgan fingerprint density at radius 1 is 1.00 bits per heavy atom. The summed E-state index contributed by atoms with van der Waals surface area (Å²) in [5.41, 5.74) is 1.18. The second-order valence-corrected chi connectivity index (χ2v) is 8.12. The fraction of sp³-hybridized carbons (Fsp3) is 0.500. The van der Waals surface area contributed by atoms with Crippen LogP contribution in [0.25, 0.3) is 0 Å². The number of benzene rings is 2. The zero-order chi connectivity index (χ0) is 20.1. The summed E-state index contributed by atoms with van der Waals surface area (Å²) in [4.78, 5) is 2.46. The third-order valence-electron chi connectivity index (χ3n) is 6.17. The van der Waals surface area contributed by atoms with Crippen LogP contribution in [0.15, 0.2) is 54.6 Å². The molecule has 2 fully saturated rings. The minimum Gasteiger partial charge on any atom is -0.497 e. The van der Waals surface area contributed by atoms with Gasteiger partial charge in [-0.1, -0.05) is 36.8 Å². The van der Waals surface area contributed by atoms with E-state index in [-0.39, 0.29) is 18.2 Å². The van der Waals surface area contributed by atoms with Crippen LogP contribution in [0.4, 0.5) is 0 Å². The van der Waals surface area contributed by atoms with Crippen molar-refractivity contribution in [3.05, 3.63) is 60.2 Å². The summed E-state index contributed by atoms with van der Waals surface area (Å²) in [5, 5.41) is 14.9. The van der Waals surface area contributed by atoms with Crippen LogP contribution in [0, 0.1) is 0 Å². The standard InChI is InChI=1S/C24H32N2O3/c1-28-20-12-8-9-18(15-20)17-25-21-16-22(29-19-10-4-2-5-11-19)24(27)23(21)26-13-6-3-7-14-26/h2,4-5,8-12,15,21-25,27H,3,6-7,13-14,16-17H2,1H3/t21-,22-,23+,24+/m1/s1. The molecule has 4 atom stereocenters. The van der Waals surface area contributed by atoms with Gasteiger partial charge in [-0.3, -0.25) is 4.90 Å². The molecular formula is C24H32N2O3. The number of rotatable bonds is 7. The average molecular weight is 397 g/mol. The van der Waals surface area contributed by atoms with E-state index in [1.807, 2.05) is 42.5 Å². The molecule has 29 heavy (non-hydrogen) atoms. The maximum atomic E-state index is 11.2. The lowest BCUT2D eigenvalue weighted by Gasteiger charge is -2.37. The Hall–Kier alpha value is -2.08. The van der Waals surface area contributed by atoms with Crippen molar-refractivity contribution >= 4 is 0 Å². The van der Waals surface area contributed by atoms with Gasteiger partial charge in [0.05, 0.1) is 13.2 Å². The lowest BCUT2D eigenvalue weighted by atomic mass is 10.0. The highest BCUT2D eigenvalue weighted by molar-refractivity contribution is 5.28. The van der Waals surface area contributed by atoms with E-state index < -0.39 is 6.10 Å². The molecule has 156 valence electrons. The number of para-hydroxylation sites is 1. The van der Waals surface area contributed by atoms with E-state index in [0.29, 0.717) is 0 Å². The average Bonchev–Trinajstić information content (AvgIpc) is 3.08. The Kier molecular flexibility index (Phi) is 6.70. The van der Waals surface area contributed by atoms with Gasteiger partial charge < -0.3 is 19.9 Å². The van der Waals surface area contributed by atoms with E-state index in [1.165, 1.54) is 24.8 Å². The molecule has 2 aromatic carbocycles. The van der Waals surface area contributed by atoms with E-state index in [2.05, 4.69) is 22.3 Å². The van der Waals surface area contributed by atoms with Crippen LogP contribution in [0.5, 0.6) is 11.5 Å². The normalized spacial score (nSPS) is 27.7. The molecule has 0 radical (unpaired) electrons. The van der Waals surface area contributed by atoms with Crippen LogP contribution in [-0.2, 0) is 6.54 Å². The molecule has 0 unspecified atom stereocenters. The first-order valence-corrected chi connectivity index (χ1v) is 10.7. The van der Waals surface area contributed by atoms with Crippen LogP contribution in [-0.4, -0.2) is 54.5 Å². The van der Waals surface area contributed by atoms with Crippen molar-refractivity contribution in [1.29, 1.82) is 0 Å². The van der Waals surface area contributed by atoms with Gasteiger partial charge in [0, 0.05) is 19.0 Å². The maximum Gasteiger partial charge on any atom is 0.128 e. The summed E-state index contributed by atoms with van der Waals surface area (Å²) >= 11 is 0. The van der Waals surface area contributed by atoms with E-state index in [4.69, 9.17) is 9.47 Å².